The Hall–Kier alpha value is -3.83. The number of hydrogen-bond acceptors (Lipinski definition) is 8. The Labute approximate surface area is 203 Å². The summed E-state index contributed by atoms with van der Waals surface area (Å²) in [4.78, 5) is 25.3. The molecule has 0 unspecified atom stereocenters. The summed E-state index contributed by atoms with van der Waals surface area (Å²) in [7, 11) is -3.12. The number of benzene rings is 2. The van der Waals surface area contributed by atoms with E-state index < -0.39 is 9.84 Å². The Kier molecular flexibility index (Phi) is 7.37. The van der Waals surface area contributed by atoms with Gasteiger partial charge in [0.25, 0.3) is 0 Å². The summed E-state index contributed by atoms with van der Waals surface area (Å²) in [5, 5.41) is 9.32. The summed E-state index contributed by atoms with van der Waals surface area (Å²) in [6, 6.07) is 16.7. The highest BCUT2D eigenvalue weighted by molar-refractivity contribution is 7.89. The van der Waals surface area contributed by atoms with E-state index in [1.807, 2.05) is 41.0 Å². The highest BCUT2D eigenvalue weighted by Gasteiger charge is 2.12. The van der Waals surface area contributed by atoms with Crippen LogP contribution in [0, 0.1) is 0 Å². The lowest BCUT2D eigenvalue weighted by atomic mass is 10.2. The van der Waals surface area contributed by atoms with Crippen molar-refractivity contribution in [3.05, 3.63) is 72.1 Å². The van der Waals surface area contributed by atoms with E-state index >= 15 is 0 Å². The molecule has 0 radical (unpaired) electrons. The van der Waals surface area contributed by atoms with Crippen molar-refractivity contribution >= 4 is 44.4 Å². The van der Waals surface area contributed by atoms with Crippen molar-refractivity contribution < 1.29 is 13.2 Å². The number of para-hydroxylation sites is 2. The Bertz CT molecular complexity index is 1450. The first-order chi connectivity index (χ1) is 16.8. The van der Waals surface area contributed by atoms with Gasteiger partial charge in [-0.2, -0.15) is 0 Å². The van der Waals surface area contributed by atoms with Gasteiger partial charge < -0.3 is 5.32 Å². The molecule has 4 aromatic rings. The standard InChI is InChI=1S/C24H27N7O3S/c1-3-22(32)30-24-29-20-9-4-5-10-21(20)31(24)16-25-14-19-11-12-26-23(28-19)27-18-8-6-7-17(13-18)15-35(2,33)34/h4-13,25H,3,14-16H2,1-2H3,(H,26,27,28)(H,29,30,32). The largest absolute Gasteiger partial charge is 0.324 e. The van der Waals surface area contributed by atoms with Gasteiger partial charge in [-0.25, -0.2) is 23.4 Å². The Morgan fingerprint density at radius 3 is 2.69 bits per heavy atom. The molecular formula is C24H27N7O3S. The van der Waals surface area contributed by atoms with Gasteiger partial charge in [0.05, 0.1) is 29.1 Å². The van der Waals surface area contributed by atoms with E-state index in [4.69, 9.17) is 0 Å². The quantitative estimate of drug-likeness (QED) is 0.307. The van der Waals surface area contributed by atoms with Crippen LogP contribution in [0.5, 0.6) is 0 Å². The summed E-state index contributed by atoms with van der Waals surface area (Å²) >= 11 is 0. The zero-order chi connectivity index (χ0) is 24.8. The van der Waals surface area contributed by atoms with E-state index in [9.17, 15) is 13.2 Å². The van der Waals surface area contributed by atoms with Crippen LogP contribution in [0.25, 0.3) is 11.0 Å². The third-order valence-electron chi connectivity index (χ3n) is 5.13. The fourth-order valence-corrected chi connectivity index (χ4v) is 4.35. The van der Waals surface area contributed by atoms with Crippen LogP contribution in [-0.2, 0) is 33.6 Å². The summed E-state index contributed by atoms with van der Waals surface area (Å²) in [6.45, 7) is 2.67. The monoisotopic (exact) mass is 493 g/mol. The van der Waals surface area contributed by atoms with E-state index in [1.54, 1.807) is 31.3 Å². The molecule has 2 heterocycles. The van der Waals surface area contributed by atoms with E-state index in [0.717, 1.165) is 16.7 Å². The van der Waals surface area contributed by atoms with Gasteiger partial charge in [0.1, 0.15) is 0 Å². The normalized spacial score (nSPS) is 11.5. The maximum absolute atomic E-state index is 11.9. The van der Waals surface area contributed by atoms with Crippen molar-refractivity contribution in [1.29, 1.82) is 0 Å². The van der Waals surface area contributed by atoms with Crippen LogP contribution in [0.2, 0.25) is 0 Å². The number of hydrogen-bond donors (Lipinski definition) is 3. The number of anilines is 3. The third kappa shape index (κ3) is 6.61. The van der Waals surface area contributed by atoms with Gasteiger partial charge in [-0.15, -0.1) is 0 Å². The van der Waals surface area contributed by atoms with Crippen molar-refractivity contribution in [2.75, 3.05) is 16.9 Å². The van der Waals surface area contributed by atoms with Crippen LogP contribution in [0.15, 0.2) is 60.8 Å². The second-order valence-electron chi connectivity index (χ2n) is 8.11. The maximum Gasteiger partial charge on any atom is 0.227 e. The summed E-state index contributed by atoms with van der Waals surface area (Å²) in [5.74, 6) is 0.764. The number of imidazole rings is 1. The molecule has 0 aliphatic heterocycles. The van der Waals surface area contributed by atoms with Crippen LogP contribution in [0.3, 0.4) is 0 Å². The summed E-state index contributed by atoms with van der Waals surface area (Å²) in [5.41, 5.74) is 3.86. The number of sulfone groups is 1. The fourth-order valence-electron chi connectivity index (χ4n) is 3.57. The topological polar surface area (TPSA) is 131 Å². The molecule has 11 heteroatoms. The van der Waals surface area contributed by atoms with Gasteiger partial charge in [-0.1, -0.05) is 31.2 Å². The van der Waals surface area contributed by atoms with Gasteiger partial charge in [0.2, 0.25) is 17.8 Å². The fraction of sp³-hybridized carbons (Fsp3) is 0.250. The van der Waals surface area contributed by atoms with Crippen LogP contribution >= 0.6 is 0 Å². The van der Waals surface area contributed by atoms with Gasteiger partial charge >= 0.3 is 0 Å². The molecule has 0 saturated carbocycles. The third-order valence-corrected chi connectivity index (χ3v) is 5.99. The van der Waals surface area contributed by atoms with Gasteiger partial charge in [0.15, 0.2) is 9.84 Å². The molecule has 3 N–H and O–H groups in total. The second kappa shape index (κ2) is 10.6. The first-order valence-electron chi connectivity index (χ1n) is 11.1. The highest BCUT2D eigenvalue weighted by atomic mass is 32.2. The molecule has 10 nitrogen and oxygen atoms in total. The molecule has 0 spiro atoms. The van der Waals surface area contributed by atoms with Gasteiger partial charge in [0, 0.05) is 31.1 Å². The zero-order valence-electron chi connectivity index (χ0n) is 19.5. The molecule has 4 rings (SSSR count). The molecule has 0 aliphatic rings. The molecule has 2 aromatic carbocycles. The number of carbonyl (C=O) groups excluding carboxylic acids is 1. The summed E-state index contributed by atoms with van der Waals surface area (Å²) in [6.07, 6.45) is 3.23. The van der Waals surface area contributed by atoms with Crippen molar-refractivity contribution in [3.63, 3.8) is 0 Å². The molecule has 0 aliphatic carbocycles. The first kappa shape index (κ1) is 24.3. The number of carbonyl (C=O) groups is 1. The van der Waals surface area contributed by atoms with Crippen LogP contribution in [0.1, 0.15) is 24.6 Å². The lowest BCUT2D eigenvalue weighted by Gasteiger charge is -2.12. The van der Waals surface area contributed by atoms with Crippen LogP contribution < -0.4 is 16.0 Å². The van der Waals surface area contributed by atoms with Gasteiger partial charge in [-0.05, 0) is 35.9 Å². The van der Waals surface area contributed by atoms with Crippen LogP contribution in [-0.4, -0.2) is 40.1 Å². The molecule has 0 saturated heterocycles. The Morgan fingerprint density at radius 2 is 1.89 bits per heavy atom. The number of aromatic nitrogens is 4. The Morgan fingerprint density at radius 1 is 1.06 bits per heavy atom. The SMILES string of the molecule is CCC(=O)Nc1nc2ccccc2n1CNCc1ccnc(Nc2cccc(CS(C)(=O)=O)c2)n1. The minimum Gasteiger partial charge on any atom is -0.324 e. The van der Waals surface area contributed by atoms with Crippen LogP contribution in [0.4, 0.5) is 17.6 Å². The number of rotatable bonds is 10. The minimum atomic E-state index is -3.12. The average molecular weight is 494 g/mol. The van der Waals surface area contributed by atoms with Crippen molar-refractivity contribution in [3.8, 4) is 0 Å². The van der Waals surface area contributed by atoms with E-state index in [0.29, 0.717) is 42.8 Å². The molecule has 1 amide bonds. The molecule has 2 aromatic heterocycles. The van der Waals surface area contributed by atoms with Crippen molar-refractivity contribution in [2.24, 2.45) is 0 Å². The lowest BCUT2D eigenvalue weighted by molar-refractivity contribution is -0.115. The number of nitrogens with zero attached hydrogens (tertiary/aromatic N) is 4. The average Bonchev–Trinajstić information content (AvgIpc) is 3.15. The van der Waals surface area contributed by atoms with E-state index in [1.165, 1.54) is 6.26 Å². The molecule has 35 heavy (non-hydrogen) atoms. The van der Waals surface area contributed by atoms with E-state index in [-0.39, 0.29) is 11.7 Å². The van der Waals surface area contributed by atoms with Gasteiger partial charge in [-0.3, -0.25) is 20.0 Å². The zero-order valence-corrected chi connectivity index (χ0v) is 20.3. The maximum atomic E-state index is 11.9. The highest BCUT2D eigenvalue weighted by Crippen LogP contribution is 2.20. The molecule has 0 atom stereocenters. The first-order valence-corrected chi connectivity index (χ1v) is 13.2. The molecule has 182 valence electrons. The van der Waals surface area contributed by atoms with E-state index in [2.05, 4.69) is 30.9 Å². The predicted octanol–water partition coefficient (Wildman–Crippen LogP) is 3.21. The number of nitrogens with one attached hydrogen (secondary N) is 3. The number of amides is 1. The second-order valence-corrected chi connectivity index (χ2v) is 10.2. The number of fused-ring (bicyclic) bond motifs is 1. The lowest BCUT2D eigenvalue weighted by Crippen LogP contribution is -2.22. The molecular weight excluding hydrogens is 466 g/mol. The minimum absolute atomic E-state index is 0.0308. The Balaban J connectivity index is 1.43. The van der Waals surface area contributed by atoms with Crippen molar-refractivity contribution in [1.82, 2.24) is 24.8 Å². The predicted molar refractivity (Wildman–Crippen MR) is 136 cm³/mol. The molecule has 0 bridgehead atoms. The van der Waals surface area contributed by atoms with Crippen molar-refractivity contribution in [2.45, 2.75) is 32.3 Å². The smallest absolute Gasteiger partial charge is 0.227 e. The molecule has 0 fully saturated rings. The summed E-state index contributed by atoms with van der Waals surface area (Å²) < 4.78 is 25.1.